The summed E-state index contributed by atoms with van der Waals surface area (Å²) < 4.78 is 24.2. The number of rotatable bonds is 5. The highest BCUT2D eigenvalue weighted by Crippen LogP contribution is 2.46. The van der Waals surface area contributed by atoms with Gasteiger partial charge in [0, 0.05) is 18.7 Å². The first kappa shape index (κ1) is 19.0. The van der Waals surface area contributed by atoms with E-state index in [9.17, 15) is 9.18 Å². The molecule has 1 saturated heterocycles. The Labute approximate surface area is 174 Å². The predicted molar refractivity (Wildman–Crippen MR) is 107 cm³/mol. The van der Waals surface area contributed by atoms with Crippen molar-refractivity contribution in [3.8, 4) is 11.5 Å². The smallest absolute Gasteiger partial charge is 0.257 e. The number of carbonyl (C=O) groups excluding carboxylic acids is 1. The van der Waals surface area contributed by atoms with E-state index in [4.69, 9.17) is 13.9 Å². The van der Waals surface area contributed by atoms with Crippen LogP contribution in [0.25, 0.3) is 11.5 Å². The molecule has 3 heterocycles. The molecule has 1 amide bonds. The van der Waals surface area contributed by atoms with E-state index in [1.165, 1.54) is 25.0 Å². The number of benzene rings is 1. The van der Waals surface area contributed by atoms with Gasteiger partial charge in [0.05, 0.1) is 17.2 Å². The van der Waals surface area contributed by atoms with E-state index >= 15 is 0 Å². The summed E-state index contributed by atoms with van der Waals surface area (Å²) in [4.78, 5) is 19.7. The fourth-order valence-corrected chi connectivity index (χ4v) is 4.55. The van der Waals surface area contributed by atoms with Gasteiger partial charge in [0.2, 0.25) is 0 Å². The van der Waals surface area contributed by atoms with E-state index in [-0.39, 0.29) is 17.1 Å². The second-order valence-corrected chi connectivity index (χ2v) is 8.58. The van der Waals surface area contributed by atoms with Crippen LogP contribution in [0.4, 0.5) is 4.39 Å². The lowest BCUT2D eigenvalue weighted by Crippen LogP contribution is -2.49. The van der Waals surface area contributed by atoms with Crippen molar-refractivity contribution in [1.82, 2.24) is 15.0 Å². The quantitative estimate of drug-likeness (QED) is 0.608. The molecule has 1 aliphatic heterocycles. The summed E-state index contributed by atoms with van der Waals surface area (Å²) in [5, 5.41) is 4.33. The Morgan fingerprint density at radius 2 is 2.07 bits per heavy atom. The Morgan fingerprint density at radius 1 is 1.27 bits per heavy atom. The van der Waals surface area contributed by atoms with E-state index in [2.05, 4.69) is 5.16 Å². The highest BCUT2D eigenvalue weighted by molar-refractivity contribution is 5.95. The fourth-order valence-electron chi connectivity index (χ4n) is 4.55. The number of carbonyl (C=O) groups is 1. The van der Waals surface area contributed by atoms with Crippen molar-refractivity contribution < 1.29 is 18.1 Å². The summed E-state index contributed by atoms with van der Waals surface area (Å²) in [7, 11) is 0. The topological polar surface area (TPSA) is 72.4 Å². The molecular weight excluding hydrogens is 385 g/mol. The van der Waals surface area contributed by atoms with Crippen molar-refractivity contribution in [2.45, 2.75) is 44.4 Å². The Bertz CT molecular complexity index is 1050. The lowest BCUT2D eigenvalue weighted by Gasteiger charge is -2.41. The normalized spacial score (nSPS) is 21.7. The maximum Gasteiger partial charge on any atom is 0.257 e. The van der Waals surface area contributed by atoms with Crippen molar-refractivity contribution in [2.75, 3.05) is 13.1 Å². The lowest BCUT2D eigenvalue weighted by molar-refractivity contribution is 0.0605. The van der Waals surface area contributed by atoms with Crippen LogP contribution in [-0.4, -0.2) is 34.0 Å². The maximum absolute atomic E-state index is 13.3. The summed E-state index contributed by atoms with van der Waals surface area (Å²) in [6, 6.07) is 7.77. The van der Waals surface area contributed by atoms with Gasteiger partial charge in [-0.2, -0.15) is 4.98 Å². The van der Waals surface area contributed by atoms with Crippen LogP contribution in [0.1, 0.15) is 54.0 Å². The standard InChI is InChI=1S/C23H24FN3O3/c1-15-19(9-12-29-15)21(28)27-11-2-10-23(14-27,13-16-3-4-16)22-25-20(30-26-22)17-5-7-18(24)8-6-17/h5-9,12,16H,2-4,10-11,13-14H2,1H3. The molecule has 0 bridgehead atoms. The van der Waals surface area contributed by atoms with Crippen molar-refractivity contribution in [3.05, 3.63) is 59.6 Å². The van der Waals surface area contributed by atoms with Crippen LogP contribution in [0.3, 0.4) is 0 Å². The van der Waals surface area contributed by atoms with Gasteiger partial charge in [-0.05, 0) is 62.4 Å². The van der Waals surface area contributed by atoms with Gasteiger partial charge in [0.25, 0.3) is 11.8 Å². The van der Waals surface area contributed by atoms with Crippen LogP contribution in [0, 0.1) is 18.7 Å². The number of aromatic nitrogens is 2. The summed E-state index contributed by atoms with van der Waals surface area (Å²) in [6.07, 6.45) is 6.72. The molecule has 2 aromatic heterocycles. The Kier molecular flexibility index (Phi) is 4.68. The molecule has 30 heavy (non-hydrogen) atoms. The largest absolute Gasteiger partial charge is 0.469 e. The van der Waals surface area contributed by atoms with E-state index in [1.54, 1.807) is 24.5 Å². The Hall–Kier alpha value is -2.96. The molecule has 1 atom stereocenters. The van der Waals surface area contributed by atoms with E-state index in [1.807, 2.05) is 11.8 Å². The Morgan fingerprint density at radius 3 is 2.77 bits per heavy atom. The zero-order valence-electron chi connectivity index (χ0n) is 16.9. The van der Waals surface area contributed by atoms with Crippen LogP contribution in [-0.2, 0) is 5.41 Å². The van der Waals surface area contributed by atoms with Gasteiger partial charge >= 0.3 is 0 Å². The number of nitrogens with zero attached hydrogens (tertiary/aromatic N) is 3. The summed E-state index contributed by atoms with van der Waals surface area (Å²) in [5.74, 6) is 1.99. The fraction of sp³-hybridized carbons (Fsp3) is 0.435. The highest BCUT2D eigenvalue weighted by Gasteiger charge is 2.46. The van der Waals surface area contributed by atoms with E-state index in [0.717, 1.165) is 19.3 Å². The minimum Gasteiger partial charge on any atom is -0.469 e. The predicted octanol–water partition coefficient (Wildman–Crippen LogP) is 4.75. The first-order valence-electron chi connectivity index (χ1n) is 10.5. The Balaban J connectivity index is 1.45. The molecule has 1 aromatic carbocycles. The first-order chi connectivity index (χ1) is 14.5. The lowest BCUT2D eigenvalue weighted by atomic mass is 9.74. The number of piperidine rings is 1. The molecule has 0 radical (unpaired) electrons. The molecule has 3 aromatic rings. The number of likely N-dealkylation sites (tertiary alicyclic amines) is 1. The van der Waals surface area contributed by atoms with Gasteiger partial charge in [0.1, 0.15) is 11.6 Å². The van der Waals surface area contributed by atoms with Crippen molar-refractivity contribution in [2.24, 2.45) is 5.92 Å². The number of halogens is 1. The van der Waals surface area contributed by atoms with Gasteiger partial charge in [-0.25, -0.2) is 4.39 Å². The molecule has 6 nitrogen and oxygen atoms in total. The van der Waals surface area contributed by atoms with Crippen LogP contribution < -0.4 is 0 Å². The third kappa shape index (κ3) is 3.53. The summed E-state index contributed by atoms with van der Waals surface area (Å²) in [5.41, 5.74) is 0.973. The molecule has 0 N–H and O–H groups in total. The number of hydrogen-bond acceptors (Lipinski definition) is 5. The van der Waals surface area contributed by atoms with Gasteiger partial charge in [-0.15, -0.1) is 0 Å². The molecule has 7 heteroatoms. The van der Waals surface area contributed by atoms with Crippen molar-refractivity contribution >= 4 is 5.91 Å². The maximum atomic E-state index is 13.3. The monoisotopic (exact) mass is 409 g/mol. The average Bonchev–Trinajstić information content (AvgIpc) is 3.24. The van der Waals surface area contributed by atoms with Crippen molar-refractivity contribution in [1.29, 1.82) is 0 Å². The summed E-state index contributed by atoms with van der Waals surface area (Å²) >= 11 is 0. The molecule has 1 aliphatic carbocycles. The van der Waals surface area contributed by atoms with E-state index in [0.29, 0.717) is 47.6 Å². The third-order valence-electron chi connectivity index (χ3n) is 6.32. The van der Waals surface area contributed by atoms with Gasteiger partial charge in [0.15, 0.2) is 5.82 Å². The molecule has 0 spiro atoms. The molecule has 2 fully saturated rings. The van der Waals surface area contributed by atoms with Gasteiger partial charge in [-0.3, -0.25) is 4.79 Å². The number of hydrogen-bond donors (Lipinski definition) is 0. The molecular formula is C23H24FN3O3. The van der Waals surface area contributed by atoms with Gasteiger partial charge in [-0.1, -0.05) is 18.0 Å². The minimum atomic E-state index is -0.325. The molecule has 1 saturated carbocycles. The zero-order valence-corrected chi connectivity index (χ0v) is 16.9. The second kappa shape index (κ2) is 7.38. The first-order valence-corrected chi connectivity index (χ1v) is 10.5. The van der Waals surface area contributed by atoms with Crippen LogP contribution in [0.2, 0.25) is 0 Å². The van der Waals surface area contributed by atoms with Crippen LogP contribution in [0.5, 0.6) is 0 Å². The highest BCUT2D eigenvalue weighted by atomic mass is 19.1. The molecule has 1 unspecified atom stereocenters. The third-order valence-corrected chi connectivity index (χ3v) is 6.32. The van der Waals surface area contributed by atoms with Crippen LogP contribution >= 0.6 is 0 Å². The summed E-state index contributed by atoms with van der Waals surface area (Å²) in [6.45, 7) is 3.08. The SMILES string of the molecule is Cc1occc1C(=O)N1CCCC(CC2CC2)(c2noc(-c3ccc(F)cc3)n2)C1. The number of aryl methyl sites for hydroxylation is 1. The molecule has 5 rings (SSSR count). The van der Waals surface area contributed by atoms with Crippen LogP contribution in [0.15, 0.2) is 45.5 Å². The zero-order chi connectivity index (χ0) is 20.7. The minimum absolute atomic E-state index is 0.0108. The number of amides is 1. The second-order valence-electron chi connectivity index (χ2n) is 8.58. The van der Waals surface area contributed by atoms with E-state index < -0.39 is 0 Å². The van der Waals surface area contributed by atoms with Crippen molar-refractivity contribution in [3.63, 3.8) is 0 Å². The molecule has 156 valence electrons. The average molecular weight is 409 g/mol. The molecule has 2 aliphatic rings. The van der Waals surface area contributed by atoms with Gasteiger partial charge < -0.3 is 13.8 Å². The number of furan rings is 1.